The molecule has 5 aromatic rings. The molecule has 0 saturated carbocycles. The zero-order valence-electron chi connectivity index (χ0n) is 26.1. The number of benzene rings is 5. The van der Waals surface area contributed by atoms with Crippen LogP contribution in [0.1, 0.15) is 11.1 Å². The number of hydrogen-bond acceptors (Lipinski definition) is 10. The van der Waals surface area contributed by atoms with E-state index in [1.807, 2.05) is 30.3 Å². The van der Waals surface area contributed by atoms with Gasteiger partial charge in [0.1, 0.15) is 28.6 Å². The molecule has 5 aromatic carbocycles. The molecule has 0 aliphatic rings. The largest absolute Gasteiger partial charge is 0.505 e. The molecule has 4 N–H and O–H groups in total. The molecule has 0 amide bonds. The van der Waals surface area contributed by atoms with Crippen LogP contribution in [0.4, 0.5) is 17.1 Å². The van der Waals surface area contributed by atoms with Crippen molar-refractivity contribution in [3.05, 3.63) is 107 Å². The van der Waals surface area contributed by atoms with Crippen LogP contribution in [0, 0.1) is 6.92 Å². The van der Waals surface area contributed by atoms with E-state index in [0.29, 0.717) is 0 Å². The Labute approximate surface area is 331 Å². The molecule has 5 rings (SSSR count). The van der Waals surface area contributed by atoms with Crippen molar-refractivity contribution in [2.24, 2.45) is 10.2 Å². The summed E-state index contributed by atoms with van der Waals surface area (Å²) in [4.78, 5) is -2.09. The predicted octanol–water partition coefficient (Wildman–Crippen LogP) is 6.03. The number of hydrogen-bond donors (Lipinski definition) is 4. The van der Waals surface area contributed by atoms with E-state index >= 15 is 0 Å². The van der Waals surface area contributed by atoms with Gasteiger partial charge >= 0.3 is 0 Å². The van der Waals surface area contributed by atoms with Crippen LogP contribution in [0.3, 0.4) is 0 Å². The van der Waals surface area contributed by atoms with E-state index in [-0.39, 0.29) is 87.1 Å². The fourth-order valence-electron chi connectivity index (χ4n) is 4.43. The number of nitrogens with one attached hydrogen (secondary N) is 1. The fourth-order valence-corrected chi connectivity index (χ4v) is 6.86. The van der Waals surface area contributed by atoms with Crippen LogP contribution >= 0.6 is 11.6 Å². The minimum Gasteiger partial charge on any atom is -0.505 e. The average molecular weight is 764 g/mol. The zero-order chi connectivity index (χ0) is 34.1. The molecule has 19 heteroatoms. The predicted molar refractivity (Wildman–Crippen MR) is 185 cm³/mol. The molecule has 0 unspecified atom stereocenters. The number of halogens is 1. The van der Waals surface area contributed by atoms with Crippen LogP contribution in [-0.2, 0) is 36.9 Å². The molecule has 0 saturated heterocycles. The number of phenolic OH excluding ortho intramolecular Hbond substituents is 1. The molecule has 0 bridgehead atoms. The number of aromatic hydroxyl groups is 1. The molecule has 0 aliphatic heterocycles. The van der Waals surface area contributed by atoms with Crippen molar-refractivity contribution < 1.29 is 44.2 Å². The van der Waals surface area contributed by atoms with Gasteiger partial charge in [0, 0.05) is 64.1 Å². The quantitative estimate of drug-likeness (QED) is 0.0737. The van der Waals surface area contributed by atoms with Gasteiger partial charge in [0.15, 0.2) is 5.75 Å². The third-order valence-corrected chi connectivity index (χ3v) is 10.0. The fraction of sp³-hybridized carbons (Fsp3) is 0.0667. The second-order valence-corrected chi connectivity index (χ2v) is 15.0. The van der Waals surface area contributed by atoms with E-state index in [0.717, 1.165) is 29.3 Å². The van der Waals surface area contributed by atoms with Crippen molar-refractivity contribution in [1.82, 2.24) is 0 Å². The summed E-state index contributed by atoms with van der Waals surface area (Å²) in [6.07, 6.45) is 0. The smallest absolute Gasteiger partial charge is 0.296 e. The van der Waals surface area contributed by atoms with E-state index in [9.17, 15) is 39.5 Å². The first-order chi connectivity index (χ1) is 22.0. The Bertz CT molecular complexity index is 2380. The summed E-state index contributed by atoms with van der Waals surface area (Å²) in [6, 6.07) is 21.3. The van der Waals surface area contributed by atoms with Crippen molar-refractivity contribution in [3.63, 3.8) is 0 Å². The SMILES string of the molecule is Cc1ccc(S(=O)(=O)Nc2cc(S(=O)(=O)O)cc3cc(S(=O)(=O)O)c(N=Nc4cc(Cl)ccc4OCc4ccccc4)c(O)c23)cc1.[Na].[Na]. The summed E-state index contributed by atoms with van der Waals surface area (Å²) in [5.74, 6) is -0.837. The van der Waals surface area contributed by atoms with Crippen LogP contribution in [0.25, 0.3) is 10.8 Å². The number of sulfonamides is 1. The maximum Gasteiger partial charge on any atom is 0.296 e. The van der Waals surface area contributed by atoms with Gasteiger partial charge in [0.25, 0.3) is 30.3 Å². The Morgan fingerprint density at radius 2 is 1.43 bits per heavy atom. The van der Waals surface area contributed by atoms with Crippen LogP contribution in [0.2, 0.25) is 5.02 Å². The van der Waals surface area contributed by atoms with Gasteiger partial charge < -0.3 is 9.84 Å². The van der Waals surface area contributed by atoms with Crippen molar-refractivity contribution in [2.75, 3.05) is 4.72 Å². The van der Waals surface area contributed by atoms with E-state index in [1.165, 1.54) is 42.5 Å². The van der Waals surface area contributed by atoms with E-state index in [1.54, 1.807) is 6.92 Å². The van der Waals surface area contributed by atoms with Gasteiger partial charge in [-0.25, -0.2) is 8.42 Å². The van der Waals surface area contributed by atoms with E-state index in [4.69, 9.17) is 16.3 Å². The summed E-state index contributed by atoms with van der Waals surface area (Å²) >= 11 is 6.14. The van der Waals surface area contributed by atoms with Crippen molar-refractivity contribution in [2.45, 2.75) is 28.2 Å². The average Bonchev–Trinajstić information content (AvgIpc) is 2.99. The summed E-state index contributed by atoms with van der Waals surface area (Å²) < 4.78 is 103. The van der Waals surface area contributed by atoms with Gasteiger partial charge in [0.2, 0.25) is 0 Å². The monoisotopic (exact) mass is 763 g/mol. The molecule has 0 heterocycles. The molecular weight excluding hydrogens is 740 g/mol. The molecule has 13 nitrogen and oxygen atoms in total. The maximum atomic E-state index is 13.3. The van der Waals surface area contributed by atoms with Gasteiger partial charge in [-0.2, -0.15) is 16.8 Å². The molecule has 49 heavy (non-hydrogen) atoms. The minimum atomic E-state index is -5.18. The van der Waals surface area contributed by atoms with Gasteiger partial charge in [-0.05, 0) is 66.4 Å². The third kappa shape index (κ3) is 9.81. The number of fused-ring (bicyclic) bond motifs is 1. The number of ether oxygens (including phenoxy) is 1. The second kappa shape index (κ2) is 16.2. The normalized spacial score (nSPS) is 11.9. The number of phenols is 1. The van der Waals surface area contributed by atoms with Crippen LogP contribution in [-0.4, -0.2) is 98.6 Å². The molecule has 2 radical (unpaired) electrons. The van der Waals surface area contributed by atoms with E-state index < -0.39 is 67.9 Å². The van der Waals surface area contributed by atoms with Gasteiger partial charge in [-0.1, -0.05) is 59.6 Å². The first-order valence-electron chi connectivity index (χ1n) is 13.3. The Kier molecular flexibility index (Phi) is 13.5. The van der Waals surface area contributed by atoms with Crippen LogP contribution in [0.5, 0.6) is 11.5 Å². The second-order valence-electron chi connectivity index (χ2n) is 10.1. The van der Waals surface area contributed by atoms with Gasteiger partial charge in [-0.3, -0.25) is 13.8 Å². The number of anilines is 1. The molecule has 0 aliphatic carbocycles. The van der Waals surface area contributed by atoms with Crippen LogP contribution in [0.15, 0.2) is 116 Å². The molecule has 0 atom stereocenters. The third-order valence-electron chi connectivity index (χ3n) is 6.69. The molecular formula is C30H24ClN3Na2O10S3. The number of aryl methyl sites for hydroxylation is 1. The molecule has 0 spiro atoms. The number of azo groups is 1. The van der Waals surface area contributed by atoms with Crippen molar-refractivity contribution >= 4 is 129 Å². The minimum absolute atomic E-state index is 0. The first kappa shape index (κ1) is 40.8. The summed E-state index contributed by atoms with van der Waals surface area (Å²) in [5.41, 5.74) is 0.166. The van der Waals surface area contributed by atoms with Crippen LogP contribution < -0.4 is 9.46 Å². The van der Waals surface area contributed by atoms with Crippen molar-refractivity contribution in [3.8, 4) is 11.5 Å². The molecule has 0 fully saturated rings. The Balaban J connectivity index is 0.00000325. The topological polar surface area (TPSA) is 209 Å². The first-order valence-corrected chi connectivity index (χ1v) is 18.0. The van der Waals surface area contributed by atoms with Crippen molar-refractivity contribution in [1.29, 1.82) is 0 Å². The Hall–Kier alpha value is -2.58. The molecule has 0 aromatic heterocycles. The summed E-state index contributed by atoms with van der Waals surface area (Å²) in [5, 5.41) is 18.7. The van der Waals surface area contributed by atoms with Gasteiger partial charge in [-0.15, -0.1) is 10.2 Å². The van der Waals surface area contributed by atoms with E-state index in [2.05, 4.69) is 15.0 Å². The Morgan fingerprint density at radius 3 is 2.04 bits per heavy atom. The summed E-state index contributed by atoms with van der Waals surface area (Å²) in [7, 11) is -14.6. The maximum absolute atomic E-state index is 13.3. The number of nitrogens with zero attached hydrogens (tertiary/aromatic N) is 2. The number of rotatable bonds is 10. The summed E-state index contributed by atoms with van der Waals surface area (Å²) in [6.45, 7) is 1.85. The standard InChI is InChI=1S/C30H24ClN3O10S3.2Na/c1-18-7-10-22(11-8-18)45(36,37)34-25-16-23(46(38,39)40)13-20-14-27(47(41,42)43)29(30(35)28(20)25)33-32-24-15-21(31)9-12-26(24)44-17-19-5-3-2-4-6-19;;/h2-16,34-35H,17H2,1H3,(H,38,39,40)(H,41,42,43);;. The molecule has 246 valence electrons. The Morgan fingerprint density at radius 1 is 0.776 bits per heavy atom. The van der Waals surface area contributed by atoms with Gasteiger partial charge in [0.05, 0.1) is 20.9 Å². The zero-order valence-corrected chi connectivity index (χ0v) is 33.3.